The molecule has 0 aliphatic rings. The molecule has 2 atom stereocenters. The molecule has 0 aliphatic heterocycles. The second-order valence-electron chi connectivity index (χ2n) is 5.55. The van der Waals surface area contributed by atoms with Crippen molar-refractivity contribution < 1.29 is 4.39 Å². The number of nitrogens with zero attached hydrogens (tertiary/aromatic N) is 1. The molecule has 0 heterocycles. The Kier molecular flexibility index (Phi) is 5.90. The van der Waals surface area contributed by atoms with Gasteiger partial charge in [-0.3, -0.25) is 4.90 Å². The third kappa shape index (κ3) is 3.47. The van der Waals surface area contributed by atoms with E-state index in [2.05, 4.69) is 32.3 Å². The number of benzene rings is 1. The van der Waals surface area contributed by atoms with Crippen molar-refractivity contribution in [3.63, 3.8) is 0 Å². The first-order valence-corrected chi connectivity index (χ1v) is 7.29. The molecular weight excluding hydrogens is 251 g/mol. The van der Waals surface area contributed by atoms with Crippen LogP contribution < -0.4 is 5.73 Å². The van der Waals surface area contributed by atoms with E-state index in [4.69, 9.17) is 5.73 Å². The van der Waals surface area contributed by atoms with Gasteiger partial charge >= 0.3 is 0 Å². The number of hydrogen-bond donors (Lipinski definition) is 1. The highest BCUT2D eigenvalue weighted by atomic mass is 19.1. The SMILES string of the molecule is C=C(C)CC(N)(c1ccccc1F)C(C)N(CC)CC. The molecule has 0 aromatic heterocycles. The first-order valence-electron chi connectivity index (χ1n) is 7.29. The van der Waals surface area contributed by atoms with E-state index in [1.165, 1.54) is 6.07 Å². The van der Waals surface area contributed by atoms with Gasteiger partial charge in [-0.25, -0.2) is 4.39 Å². The van der Waals surface area contributed by atoms with Gasteiger partial charge in [0.05, 0.1) is 5.54 Å². The molecule has 0 saturated carbocycles. The lowest BCUT2D eigenvalue weighted by molar-refractivity contribution is 0.140. The van der Waals surface area contributed by atoms with E-state index in [-0.39, 0.29) is 11.9 Å². The lowest BCUT2D eigenvalue weighted by Gasteiger charge is -2.42. The normalized spacial score (nSPS) is 15.9. The predicted octanol–water partition coefficient (Wildman–Crippen LogP) is 3.68. The number of hydrogen-bond acceptors (Lipinski definition) is 2. The van der Waals surface area contributed by atoms with E-state index in [0.29, 0.717) is 12.0 Å². The van der Waals surface area contributed by atoms with Crippen LogP contribution in [0.2, 0.25) is 0 Å². The zero-order chi connectivity index (χ0) is 15.3. The Morgan fingerprint density at radius 1 is 1.35 bits per heavy atom. The minimum absolute atomic E-state index is 0.0334. The maximum absolute atomic E-state index is 14.2. The third-order valence-electron chi connectivity index (χ3n) is 4.08. The molecule has 0 bridgehead atoms. The molecule has 3 heteroatoms. The van der Waals surface area contributed by atoms with Gasteiger partial charge in [0.25, 0.3) is 0 Å². The Labute approximate surface area is 122 Å². The van der Waals surface area contributed by atoms with Crippen LogP contribution in [0.1, 0.15) is 39.7 Å². The van der Waals surface area contributed by atoms with E-state index in [1.54, 1.807) is 12.1 Å². The fourth-order valence-corrected chi connectivity index (χ4v) is 2.90. The molecule has 0 spiro atoms. The molecule has 0 fully saturated rings. The van der Waals surface area contributed by atoms with E-state index < -0.39 is 5.54 Å². The number of nitrogens with two attached hydrogens (primary N) is 1. The average molecular weight is 278 g/mol. The summed E-state index contributed by atoms with van der Waals surface area (Å²) in [6.45, 7) is 14.0. The third-order valence-corrected chi connectivity index (χ3v) is 4.08. The van der Waals surface area contributed by atoms with Crippen LogP contribution in [-0.4, -0.2) is 24.0 Å². The Morgan fingerprint density at radius 3 is 2.35 bits per heavy atom. The van der Waals surface area contributed by atoms with E-state index in [1.807, 2.05) is 13.0 Å². The van der Waals surface area contributed by atoms with Gasteiger partial charge in [0, 0.05) is 11.6 Å². The summed E-state index contributed by atoms with van der Waals surface area (Å²) in [6, 6.07) is 6.84. The summed E-state index contributed by atoms with van der Waals surface area (Å²) in [6.07, 6.45) is 0.575. The smallest absolute Gasteiger partial charge is 0.128 e. The van der Waals surface area contributed by atoms with Gasteiger partial charge in [-0.2, -0.15) is 0 Å². The maximum Gasteiger partial charge on any atom is 0.128 e. The summed E-state index contributed by atoms with van der Waals surface area (Å²) in [7, 11) is 0. The molecule has 1 rings (SSSR count). The molecule has 2 unspecified atom stereocenters. The number of likely N-dealkylation sites (N-methyl/N-ethyl adjacent to an activating group) is 1. The fraction of sp³-hybridized carbons (Fsp3) is 0.529. The first-order chi connectivity index (χ1) is 9.36. The standard InChI is InChI=1S/C17H27FN2/c1-6-20(7-2)14(5)17(19,12-13(3)4)15-10-8-9-11-16(15)18/h8-11,14H,3,6-7,12,19H2,1-2,4-5H3. The highest BCUT2D eigenvalue weighted by molar-refractivity contribution is 5.30. The van der Waals surface area contributed by atoms with Crippen LogP contribution in [0.25, 0.3) is 0 Å². The molecule has 0 radical (unpaired) electrons. The van der Waals surface area contributed by atoms with Gasteiger partial charge in [-0.05, 0) is 39.4 Å². The van der Waals surface area contributed by atoms with Crippen LogP contribution in [0.5, 0.6) is 0 Å². The molecule has 0 saturated heterocycles. The summed E-state index contributed by atoms with van der Waals surface area (Å²) in [5.41, 5.74) is 7.45. The van der Waals surface area contributed by atoms with Crippen LogP contribution in [0.15, 0.2) is 36.4 Å². The minimum atomic E-state index is -0.761. The van der Waals surface area contributed by atoms with Crippen molar-refractivity contribution in [1.82, 2.24) is 4.90 Å². The quantitative estimate of drug-likeness (QED) is 0.771. The highest BCUT2D eigenvalue weighted by Crippen LogP contribution is 2.33. The highest BCUT2D eigenvalue weighted by Gasteiger charge is 2.38. The van der Waals surface area contributed by atoms with Gasteiger partial charge < -0.3 is 5.73 Å². The van der Waals surface area contributed by atoms with E-state index in [9.17, 15) is 4.39 Å². The van der Waals surface area contributed by atoms with Crippen LogP contribution in [0.4, 0.5) is 4.39 Å². The van der Waals surface area contributed by atoms with E-state index >= 15 is 0 Å². The zero-order valence-electron chi connectivity index (χ0n) is 13.1. The predicted molar refractivity (Wildman–Crippen MR) is 84.1 cm³/mol. The Hall–Kier alpha value is -1.19. The molecule has 2 N–H and O–H groups in total. The number of rotatable bonds is 7. The van der Waals surface area contributed by atoms with Crippen molar-refractivity contribution >= 4 is 0 Å². The van der Waals surface area contributed by atoms with Gasteiger partial charge in [-0.1, -0.05) is 37.6 Å². The van der Waals surface area contributed by atoms with Gasteiger partial charge in [0.1, 0.15) is 5.82 Å². The van der Waals surface area contributed by atoms with Crippen LogP contribution >= 0.6 is 0 Å². The molecular formula is C17H27FN2. The largest absolute Gasteiger partial charge is 0.320 e. The average Bonchev–Trinajstić information content (AvgIpc) is 2.39. The van der Waals surface area contributed by atoms with Crippen LogP contribution in [0, 0.1) is 5.82 Å². The topological polar surface area (TPSA) is 29.3 Å². The lowest BCUT2D eigenvalue weighted by atomic mass is 9.78. The van der Waals surface area contributed by atoms with Crippen LogP contribution in [-0.2, 0) is 5.54 Å². The maximum atomic E-state index is 14.2. The Bertz CT molecular complexity index is 454. The van der Waals surface area contributed by atoms with Crippen molar-refractivity contribution in [3.05, 3.63) is 47.8 Å². The van der Waals surface area contributed by atoms with Crippen molar-refractivity contribution in [1.29, 1.82) is 0 Å². The Morgan fingerprint density at radius 2 is 1.90 bits per heavy atom. The second kappa shape index (κ2) is 7.00. The fourth-order valence-electron chi connectivity index (χ4n) is 2.90. The molecule has 2 nitrogen and oxygen atoms in total. The van der Waals surface area contributed by atoms with Gasteiger partial charge in [0.2, 0.25) is 0 Å². The van der Waals surface area contributed by atoms with Crippen molar-refractivity contribution in [2.45, 2.75) is 45.7 Å². The van der Waals surface area contributed by atoms with Crippen molar-refractivity contribution in [2.75, 3.05) is 13.1 Å². The summed E-state index contributed by atoms with van der Waals surface area (Å²) < 4.78 is 14.2. The van der Waals surface area contributed by atoms with Gasteiger partial charge in [0.15, 0.2) is 0 Å². The minimum Gasteiger partial charge on any atom is -0.320 e. The molecule has 0 amide bonds. The monoisotopic (exact) mass is 278 g/mol. The Balaban J connectivity index is 3.29. The second-order valence-corrected chi connectivity index (χ2v) is 5.55. The number of halogens is 1. The first kappa shape index (κ1) is 16.9. The lowest BCUT2D eigenvalue weighted by Crippen LogP contribution is -2.55. The van der Waals surface area contributed by atoms with Gasteiger partial charge in [-0.15, -0.1) is 6.58 Å². The van der Waals surface area contributed by atoms with Crippen molar-refractivity contribution in [3.8, 4) is 0 Å². The zero-order valence-corrected chi connectivity index (χ0v) is 13.1. The summed E-state index contributed by atoms with van der Waals surface area (Å²) >= 11 is 0. The van der Waals surface area contributed by atoms with E-state index in [0.717, 1.165) is 18.7 Å². The molecule has 1 aromatic rings. The molecule has 112 valence electrons. The summed E-state index contributed by atoms with van der Waals surface area (Å²) in [4.78, 5) is 2.26. The summed E-state index contributed by atoms with van der Waals surface area (Å²) in [5.74, 6) is -0.241. The van der Waals surface area contributed by atoms with Crippen LogP contribution in [0.3, 0.4) is 0 Å². The molecule has 0 aliphatic carbocycles. The summed E-state index contributed by atoms with van der Waals surface area (Å²) in [5, 5.41) is 0. The molecule has 20 heavy (non-hydrogen) atoms. The van der Waals surface area contributed by atoms with Crippen molar-refractivity contribution in [2.24, 2.45) is 5.73 Å². The molecule has 1 aromatic carbocycles.